The van der Waals surface area contributed by atoms with E-state index >= 15 is 8.78 Å². The molecule has 4 fully saturated rings. The molecule has 28 nitrogen and oxygen atoms in total. The van der Waals surface area contributed by atoms with Crippen molar-refractivity contribution >= 4 is 116 Å². The maximum Gasteiger partial charge on any atom is 0.417 e. The fourth-order valence-corrected chi connectivity index (χ4v) is 16.4. The van der Waals surface area contributed by atoms with E-state index in [-0.39, 0.29) is 131 Å². The Bertz CT molecular complexity index is 6120. The van der Waals surface area contributed by atoms with E-state index in [9.17, 15) is 62.1 Å². The third-order valence-electron chi connectivity index (χ3n) is 21.9. The van der Waals surface area contributed by atoms with Gasteiger partial charge in [0.15, 0.2) is 57.7 Å². The van der Waals surface area contributed by atoms with Crippen molar-refractivity contribution in [1.29, 1.82) is 10.5 Å². The smallest absolute Gasteiger partial charge is 0.417 e. The first-order valence-electron chi connectivity index (χ1n) is 41.8. The van der Waals surface area contributed by atoms with Crippen LogP contribution in [-0.2, 0) is 67.1 Å². The summed E-state index contributed by atoms with van der Waals surface area (Å²) in [6.07, 6.45) is 2.04. The number of benzene rings is 6. The molecule has 6 aromatic carbocycles. The number of hydrogen-bond acceptors (Lipinski definition) is 20. The van der Waals surface area contributed by atoms with Gasteiger partial charge < -0.3 is 68.6 Å². The zero-order valence-corrected chi connectivity index (χ0v) is 77.0. The lowest BCUT2D eigenvalue weighted by molar-refractivity contribution is -0.144. The van der Waals surface area contributed by atoms with E-state index in [0.717, 1.165) is 39.3 Å². The number of ether oxygens (including phenoxy) is 4. The van der Waals surface area contributed by atoms with Crippen LogP contribution in [0.25, 0.3) is 22.6 Å². The maximum atomic E-state index is 15.3. The molecule has 133 heavy (non-hydrogen) atoms. The van der Waals surface area contributed by atoms with Gasteiger partial charge in [-0.15, -0.1) is 0 Å². The van der Waals surface area contributed by atoms with Gasteiger partial charge in [0.25, 0.3) is 11.8 Å². The quantitative estimate of drug-likeness (QED) is 0.0169. The molecule has 0 unspecified atom stereocenters. The summed E-state index contributed by atoms with van der Waals surface area (Å²) in [6.45, 7) is 20.9. The van der Waals surface area contributed by atoms with Gasteiger partial charge in [-0.2, -0.15) is 23.7 Å². The Kier molecular flexibility index (Phi) is 32.1. The average Bonchev–Trinajstić information content (AvgIpc) is 1.58. The molecule has 0 aliphatic carbocycles. The normalized spacial score (nSPS) is 17.1. The van der Waals surface area contributed by atoms with E-state index in [1.807, 2.05) is 110 Å². The zero-order chi connectivity index (χ0) is 96.6. The molecular weight excluding hydrogens is 1780 g/mol. The molecule has 12 rings (SSSR count). The Morgan fingerprint density at radius 1 is 0.541 bits per heavy atom. The van der Waals surface area contributed by atoms with Gasteiger partial charge >= 0.3 is 6.18 Å². The Morgan fingerprint density at radius 2 is 0.917 bits per heavy atom. The minimum atomic E-state index is -4.87. The third-order valence-corrected chi connectivity index (χ3v) is 22.9. The highest BCUT2D eigenvalue weighted by Gasteiger charge is 2.53. The largest absolute Gasteiger partial charge is 0.478 e. The molecule has 36 heteroatoms. The summed E-state index contributed by atoms with van der Waals surface area (Å²) < 4.78 is 104. The maximum absolute atomic E-state index is 15.3. The number of carbonyl (C=O) groups is 8. The average molecular weight is 1870 g/mol. The molecule has 690 valence electrons. The number of nitrogens with zero attached hydrogens (tertiary/aromatic N) is 10. The van der Waals surface area contributed by atoms with E-state index in [1.165, 1.54) is 94.8 Å². The second-order valence-electron chi connectivity index (χ2n) is 34.7. The van der Waals surface area contributed by atoms with Gasteiger partial charge in [-0.3, -0.25) is 48.2 Å². The number of alkyl halides is 3. The number of halogens is 6. The molecule has 0 spiro atoms. The molecule has 8 amide bonds. The van der Waals surface area contributed by atoms with Gasteiger partial charge in [0, 0.05) is 60.8 Å². The highest BCUT2D eigenvalue weighted by atomic mass is 35.5. The van der Waals surface area contributed by atoms with Crippen molar-refractivity contribution in [3.8, 4) is 93.6 Å². The number of nitriles is 2. The molecule has 0 radical (unpaired) electrons. The van der Waals surface area contributed by atoms with Crippen LogP contribution in [0.1, 0.15) is 124 Å². The van der Waals surface area contributed by atoms with Crippen LogP contribution in [0.15, 0.2) is 155 Å². The second-order valence-corrected chi connectivity index (χ2v) is 35.9. The van der Waals surface area contributed by atoms with Crippen LogP contribution in [0.3, 0.4) is 0 Å². The van der Waals surface area contributed by atoms with Crippen LogP contribution < -0.4 is 50.3 Å². The van der Waals surface area contributed by atoms with Gasteiger partial charge in [0.05, 0.1) is 51.6 Å². The van der Waals surface area contributed by atoms with E-state index in [1.54, 1.807) is 43.3 Å². The van der Waals surface area contributed by atoms with Gasteiger partial charge in [-0.25, -0.2) is 18.7 Å². The monoisotopic (exact) mass is 1870 g/mol. The molecule has 0 bridgehead atoms. The molecule has 0 saturated carbocycles. The fourth-order valence-electron chi connectivity index (χ4n) is 15.1. The first kappa shape index (κ1) is 99.5. The lowest BCUT2D eigenvalue weighted by Crippen LogP contribution is -2.58. The molecule has 4 N–H and O–H groups in total. The number of hydrogen-bond donors (Lipinski definition) is 4. The Balaban J connectivity index is 0.000000257. The van der Waals surface area contributed by atoms with E-state index in [4.69, 9.17) is 63.8 Å². The van der Waals surface area contributed by atoms with Gasteiger partial charge in [-0.1, -0.05) is 127 Å². The lowest BCUT2D eigenvalue weighted by Gasteiger charge is -2.35. The van der Waals surface area contributed by atoms with Crippen LogP contribution in [-0.4, -0.2) is 165 Å². The number of aromatic nitrogens is 2. The summed E-state index contributed by atoms with van der Waals surface area (Å²) in [6, 6.07) is 30.5. The van der Waals surface area contributed by atoms with E-state index in [2.05, 4.69) is 78.6 Å². The van der Waals surface area contributed by atoms with Gasteiger partial charge in [-0.05, 0) is 195 Å². The molecule has 6 atom stereocenters. The molecule has 4 aliphatic heterocycles. The number of thiocarbonyl (C=S) groups is 2. The first-order valence-corrected chi connectivity index (χ1v) is 43.0. The summed E-state index contributed by atoms with van der Waals surface area (Å²) in [4.78, 5) is 124. The standard InChI is InChI=1S/C49H47F4N7O7S.C48H47ClFN7O7S/c1-30-21-38(43(62)56-25-31-11-13-32(14-12-31)40-26-55-29-67-40)58(27-30)44(63)42(47(2,3)4)57-41(61)28-65-19-9-7-8-10-20-66-39-18-17-35(23-37(39)50)60-46(68)59(45(64)48(60,5)6)34-16-15-33(24-54)36(22-34)49(51,52)53;1-30-21-38(43(59)53-25-31-11-13-32(14-12-31)40-26-52-29-64-40)55(27-30)44(60)42(47(2,3)4)54-41(58)28-62-19-9-7-8-10-20-63-39-18-17-35(23-37(39)50)57-46(65)56(45(61)48(57,5)6)34-16-15-33(24-51)36(49)22-34/h11-18,22-23,26,29-30,38,42H,19-21,25,27-28H2,1-6H3,(H,56,62)(H,57,61);11-18,22-23,26,29-30,38,42H,19-21,25,27-28H2,1-6H3,(H,53,59)(H,54,58)/t2*30-,38+,42-/m11/s1. The van der Waals surface area contributed by atoms with Gasteiger partial charge in [0.2, 0.25) is 35.4 Å². The summed E-state index contributed by atoms with van der Waals surface area (Å²) >= 11 is 17.4. The van der Waals surface area contributed by atoms with Crippen molar-refractivity contribution in [3.63, 3.8) is 0 Å². The number of anilines is 4. The number of rotatable bonds is 26. The Labute approximate surface area is 781 Å². The van der Waals surface area contributed by atoms with Crippen LogP contribution in [0.5, 0.6) is 11.5 Å². The van der Waals surface area contributed by atoms with Gasteiger partial charge in [0.1, 0.15) is 81.0 Å². The summed E-state index contributed by atoms with van der Waals surface area (Å²) in [7, 11) is 0. The topological polar surface area (TPSA) is 341 Å². The predicted octanol–water partition coefficient (Wildman–Crippen LogP) is 13.2. The zero-order valence-electron chi connectivity index (χ0n) is 74.6. The number of oxazole rings is 2. The van der Waals surface area contributed by atoms with Crippen molar-refractivity contribution in [1.82, 2.24) is 41.0 Å². The van der Waals surface area contributed by atoms with Crippen molar-refractivity contribution in [2.45, 2.75) is 150 Å². The number of nitrogens with one attached hydrogen (secondary N) is 4. The second kappa shape index (κ2) is 42.9. The molecule has 8 aromatic rings. The lowest BCUT2D eigenvalue weighted by atomic mass is 9.85. The highest BCUT2D eigenvalue weighted by Crippen LogP contribution is 2.43. The fraction of sp³-hybridized carbons (Fsp3) is 0.361. The molecule has 4 saturated heterocycles. The van der Waals surface area contributed by atoms with Crippen LogP contribution in [0.2, 0.25) is 5.02 Å². The molecule has 2 aromatic heterocycles. The van der Waals surface area contributed by atoms with Crippen LogP contribution >= 0.6 is 36.0 Å². The van der Waals surface area contributed by atoms with E-state index < -0.39 is 99.3 Å². The predicted molar refractivity (Wildman–Crippen MR) is 491 cm³/mol. The van der Waals surface area contributed by atoms with Crippen molar-refractivity contribution in [2.24, 2.45) is 22.7 Å². The first-order chi connectivity index (χ1) is 63.0. The number of likely N-dealkylation sites (tertiary alicyclic amines) is 2. The van der Waals surface area contributed by atoms with Crippen LogP contribution in [0.4, 0.5) is 44.7 Å². The molecule has 4 aliphatic rings. The molecule has 6 heterocycles. The minimum Gasteiger partial charge on any atom is -0.478 e. The number of amides is 8. The third kappa shape index (κ3) is 24.2. The SMILES string of the molecule is C[C@@H]1C[C@@H](C(=O)NCc2ccc(-c3cnco3)cc2)N(C(=O)[C@@H](NC(=O)COCC#CC#CCOc2ccc(N3C(=S)N(c4ccc(C#N)c(C(F)(F)F)c4)C(=O)C3(C)C)cc2F)C(C)(C)C)C1.C[C@@H]1C[C@@H](C(=O)NCc2ccc(-c3cnco3)cc2)N(C(=O)[C@@H](NC(=O)COCC#CC#CCOc2ccc(N3C(=S)N(c4ccc(C#N)c(Cl)c4)C(=O)C3(C)C)cc2F)C(C)(C)C)C1. The Hall–Kier alpha value is -14.0. The van der Waals surface area contributed by atoms with Crippen molar-refractivity contribution in [2.75, 3.05) is 72.3 Å². The van der Waals surface area contributed by atoms with Crippen LogP contribution in [0, 0.1) is 104 Å². The summed E-state index contributed by atoms with van der Waals surface area (Å²) in [5.74, 6) is 17.1. The summed E-state index contributed by atoms with van der Waals surface area (Å²) in [5.41, 5.74) is -1.53. The highest BCUT2D eigenvalue weighted by molar-refractivity contribution is 7.81. The summed E-state index contributed by atoms with van der Waals surface area (Å²) in [5, 5.41) is 30.0. The number of carbonyl (C=O) groups excluding carboxylic acids is 8. The minimum absolute atomic E-state index is 0.0572. The van der Waals surface area contributed by atoms with Crippen molar-refractivity contribution < 1.29 is 88.1 Å². The van der Waals surface area contributed by atoms with Crippen molar-refractivity contribution in [3.05, 3.63) is 191 Å². The molecular formula is C97H94ClF5N14O14S2. The van der Waals surface area contributed by atoms with E-state index in [0.29, 0.717) is 54.9 Å². The Morgan fingerprint density at radius 3 is 1.27 bits per heavy atom.